The molecule has 232 valence electrons. The van der Waals surface area contributed by atoms with Gasteiger partial charge in [-0.25, -0.2) is 32.5 Å². The maximum absolute atomic E-state index is 13.8. The number of nitrogens with zero attached hydrogens (tertiary/aromatic N) is 2. The molecule has 4 aromatic rings. The normalized spacial score (nSPS) is 11.4. The van der Waals surface area contributed by atoms with E-state index in [0.717, 1.165) is 12.0 Å². The fraction of sp³-hybridized carbons (Fsp3) is 0.129. The molecule has 0 unspecified atom stereocenters. The lowest BCUT2D eigenvalue weighted by atomic mass is 10.0. The fourth-order valence-corrected chi connectivity index (χ4v) is 4.65. The number of aliphatic carboxylic acids is 1. The molecule has 0 spiro atoms. The summed E-state index contributed by atoms with van der Waals surface area (Å²) in [5, 5.41) is 22.9. The Morgan fingerprint density at radius 2 is 1.44 bits per heavy atom. The number of carbonyl (C=O) groups excluding carboxylic acids is 3. The van der Waals surface area contributed by atoms with Gasteiger partial charge in [0.15, 0.2) is 17.5 Å². The number of benzene rings is 4. The van der Waals surface area contributed by atoms with Crippen LogP contribution in [0.5, 0.6) is 0 Å². The number of hydrogen-bond donors (Lipinski definition) is 3. The minimum atomic E-state index is -1.84. The van der Waals surface area contributed by atoms with Gasteiger partial charge >= 0.3 is 23.9 Å². The fourth-order valence-electron chi connectivity index (χ4n) is 4.65. The van der Waals surface area contributed by atoms with E-state index in [4.69, 9.17) is 0 Å². The average molecular weight is 624 g/mol. The number of nitrogens with one attached hydrogen (secondary N) is 1. The summed E-state index contributed by atoms with van der Waals surface area (Å²) in [5.74, 6) is -10.3. The molecule has 0 fully saturated rings. The number of carboxylic acids is 2. The molecule has 0 aliphatic rings. The molecule has 3 amide bonds. The lowest BCUT2D eigenvalue weighted by molar-refractivity contribution is -0.148. The molecule has 0 bridgehead atoms. The van der Waals surface area contributed by atoms with Crippen LogP contribution in [-0.2, 0) is 25.7 Å². The van der Waals surface area contributed by atoms with Crippen LogP contribution in [0.4, 0.5) is 35.0 Å². The van der Waals surface area contributed by atoms with E-state index in [9.17, 15) is 47.4 Å². The minimum Gasteiger partial charge on any atom is -0.478 e. The average Bonchev–Trinajstić information content (AvgIpc) is 3.02. The van der Waals surface area contributed by atoms with Crippen molar-refractivity contribution in [2.75, 3.05) is 17.3 Å². The van der Waals surface area contributed by atoms with Gasteiger partial charge in [0, 0.05) is 16.5 Å². The van der Waals surface area contributed by atoms with Crippen LogP contribution in [0.3, 0.4) is 0 Å². The summed E-state index contributed by atoms with van der Waals surface area (Å²) >= 11 is 0. The third kappa shape index (κ3) is 6.54. The van der Waals surface area contributed by atoms with Crippen LogP contribution in [0, 0.1) is 17.5 Å². The first-order chi connectivity index (χ1) is 21.3. The predicted octanol–water partition coefficient (Wildman–Crippen LogP) is 5.30. The molecular weight excluding hydrogens is 599 g/mol. The first kappa shape index (κ1) is 32.0. The first-order valence-corrected chi connectivity index (χ1v) is 13.1. The summed E-state index contributed by atoms with van der Waals surface area (Å²) < 4.78 is 45.7. The van der Waals surface area contributed by atoms with Gasteiger partial charge < -0.3 is 20.3 Å². The Bertz CT molecular complexity index is 1830. The van der Waals surface area contributed by atoms with Crippen LogP contribution in [0.15, 0.2) is 72.8 Å². The smallest absolute Gasteiger partial charge is 0.416 e. The first-order valence-electron chi connectivity index (χ1n) is 13.1. The quantitative estimate of drug-likeness (QED) is 0.175. The maximum atomic E-state index is 13.8. The van der Waals surface area contributed by atoms with Crippen molar-refractivity contribution in [2.24, 2.45) is 0 Å². The standard InChI is InChI=1S/C31H24F3N3O8/c1-16(27(38)36(31(44)45-2)15-17-13-21(32)26(34)22(33)14-17)35-23-11-12-25(19-8-4-3-7-18(19)23)37(28(39)30(42)43)24-10-6-5-9-20(24)29(40)41/h3-14,16,35H,15H2,1-2H3,(H,40,41)(H,42,43)/t16-/m0/s1. The van der Waals surface area contributed by atoms with Crippen LogP contribution >= 0.6 is 0 Å². The van der Waals surface area contributed by atoms with Gasteiger partial charge in [-0.2, -0.15) is 0 Å². The molecule has 45 heavy (non-hydrogen) atoms. The maximum Gasteiger partial charge on any atom is 0.416 e. The van der Waals surface area contributed by atoms with Crippen molar-refractivity contribution < 1.29 is 52.1 Å². The van der Waals surface area contributed by atoms with Crippen LogP contribution in [-0.4, -0.2) is 58.1 Å². The van der Waals surface area contributed by atoms with Crippen LogP contribution in [0.25, 0.3) is 10.8 Å². The van der Waals surface area contributed by atoms with E-state index in [2.05, 4.69) is 10.1 Å². The van der Waals surface area contributed by atoms with Gasteiger partial charge in [-0.1, -0.05) is 36.4 Å². The second-order valence-electron chi connectivity index (χ2n) is 9.58. The summed E-state index contributed by atoms with van der Waals surface area (Å²) in [6.45, 7) is 0.733. The molecule has 0 heterocycles. The van der Waals surface area contributed by atoms with Gasteiger partial charge in [-0.15, -0.1) is 0 Å². The number of amides is 3. The Morgan fingerprint density at radius 1 is 0.844 bits per heavy atom. The van der Waals surface area contributed by atoms with E-state index >= 15 is 0 Å². The zero-order chi connectivity index (χ0) is 33.0. The number of methoxy groups -OCH3 is 1. The van der Waals surface area contributed by atoms with Crippen molar-refractivity contribution in [1.82, 2.24) is 4.90 Å². The molecule has 0 aliphatic carbocycles. The van der Waals surface area contributed by atoms with Gasteiger partial charge in [-0.3, -0.25) is 14.5 Å². The SMILES string of the molecule is COC(=O)N(Cc1cc(F)c(F)c(F)c1)C(=O)[C@H](C)Nc1ccc(N(C(=O)C(=O)O)c2ccccc2C(=O)O)c2ccccc12. The van der Waals surface area contributed by atoms with Crippen molar-refractivity contribution >= 4 is 57.7 Å². The third-order valence-corrected chi connectivity index (χ3v) is 6.69. The van der Waals surface area contributed by atoms with E-state index in [-0.39, 0.29) is 28.2 Å². The Kier molecular flexibility index (Phi) is 9.36. The van der Waals surface area contributed by atoms with E-state index < -0.39 is 59.9 Å². The zero-order valence-electron chi connectivity index (χ0n) is 23.6. The molecule has 0 saturated heterocycles. The molecule has 14 heteroatoms. The number of aromatic carboxylic acids is 1. The predicted molar refractivity (Wildman–Crippen MR) is 154 cm³/mol. The number of imide groups is 1. The zero-order valence-corrected chi connectivity index (χ0v) is 23.6. The number of fused-ring (bicyclic) bond motifs is 1. The second kappa shape index (κ2) is 13.2. The van der Waals surface area contributed by atoms with E-state index in [1.165, 1.54) is 43.3 Å². The second-order valence-corrected chi connectivity index (χ2v) is 9.58. The highest BCUT2D eigenvalue weighted by Crippen LogP contribution is 2.38. The lowest BCUT2D eigenvalue weighted by Crippen LogP contribution is -2.44. The molecule has 4 aromatic carbocycles. The van der Waals surface area contributed by atoms with Gasteiger partial charge in [-0.05, 0) is 48.9 Å². The topological polar surface area (TPSA) is 154 Å². The lowest BCUT2D eigenvalue weighted by Gasteiger charge is -2.26. The van der Waals surface area contributed by atoms with E-state index in [1.54, 1.807) is 24.3 Å². The summed E-state index contributed by atoms with van der Waals surface area (Å²) in [4.78, 5) is 63.9. The summed E-state index contributed by atoms with van der Waals surface area (Å²) in [5.41, 5.74) is -0.450. The summed E-state index contributed by atoms with van der Waals surface area (Å²) in [7, 11) is 0.992. The van der Waals surface area contributed by atoms with Gasteiger partial charge in [0.2, 0.25) is 0 Å². The molecule has 4 rings (SSSR count). The Balaban J connectivity index is 1.74. The minimum absolute atomic E-state index is 0.0211. The third-order valence-electron chi connectivity index (χ3n) is 6.69. The number of anilines is 3. The molecule has 11 nitrogen and oxygen atoms in total. The number of carbonyl (C=O) groups is 5. The number of carboxylic acid groups (broad SMARTS) is 2. The highest BCUT2D eigenvalue weighted by molar-refractivity contribution is 6.40. The highest BCUT2D eigenvalue weighted by Gasteiger charge is 2.31. The molecule has 0 aliphatic heterocycles. The van der Waals surface area contributed by atoms with Gasteiger partial charge in [0.25, 0.3) is 5.91 Å². The summed E-state index contributed by atoms with van der Waals surface area (Å²) in [6.07, 6.45) is -1.15. The molecule has 0 radical (unpaired) electrons. The van der Waals surface area contributed by atoms with Crippen LogP contribution in [0.1, 0.15) is 22.8 Å². The van der Waals surface area contributed by atoms with E-state index in [1.807, 2.05) is 0 Å². The molecule has 0 aromatic heterocycles. The van der Waals surface area contributed by atoms with Crippen LogP contribution < -0.4 is 10.2 Å². The largest absolute Gasteiger partial charge is 0.478 e. The van der Waals surface area contributed by atoms with Crippen molar-refractivity contribution in [2.45, 2.75) is 19.5 Å². The highest BCUT2D eigenvalue weighted by atomic mass is 19.2. The van der Waals surface area contributed by atoms with Gasteiger partial charge in [0.05, 0.1) is 30.6 Å². The molecule has 0 saturated carbocycles. The van der Waals surface area contributed by atoms with Crippen molar-refractivity contribution in [3.63, 3.8) is 0 Å². The van der Waals surface area contributed by atoms with Crippen molar-refractivity contribution in [1.29, 1.82) is 0 Å². The van der Waals surface area contributed by atoms with Crippen LogP contribution in [0.2, 0.25) is 0 Å². The Labute approximate surface area is 253 Å². The molecular formula is C31H24F3N3O8. The summed E-state index contributed by atoms with van der Waals surface area (Å²) in [6, 6.07) is 14.6. The number of ether oxygens (including phenoxy) is 1. The Morgan fingerprint density at radius 3 is 2.04 bits per heavy atom. The molecule has 1 atom stereocenters. The van der Waals surface area contributed by atoms with Crippen molar-refractivity contribution in [3.05, 3.63) is 101 Å². The monoisotopic (exact) mass is 623 g/mol. The van der Waals surface area contributed by atoms with Crippen molar-refractivity contribution in [3.8, 4) is 0 Å². The Hall–Kier alpha value is -5.92. The van der Waals surface area contributed by atoms with E-state index in [0.29, 0.717) is 27.8 Å². The number of halogens is 3. The van der Waals surface area contributed by atoms with Gasteiger partial charge in [0.1, 0.15) is 6.04 Å². The number of hydrogen-bond acceptors (Lipinski definition) is 7. The number of para-hydroxylation sites is 1. The number of rotatable bonds is 8. The molecule has 3 N–H and O–H groups in total.